The summed E-state index contributed by atoms with van der Waals surface area (Å²) in [6.45, 7) is 4.59. The van der Waals surface area contributed by atoms with E-state index in [-0.39, 0.29) is 11.0 Å². The van der Waals surface area contributed by atoms with E-state index in [0.29, 0.717) is 30.9 Å². The molecule has 0 aromatic heterocycles. The summed E-state index contributed by atoms with van der Waals surface area (Å²) in [5, 5.41) is 0. The highest BCUT2D eigenvalue weighted by Gasteiger charge is 2.23. The van der Waals surface area contributed by atoms with Crippen molar-refractivity contribution in [1.29, 1.82) is 0 Å². The molecule has 1 amide bonds. The van der Waals surface area contributed by atoms with Crippen LogP contribution in [0.3, 0.4) is 0 Å². The van der Waals surface area contributed by atoms with Crippen LogP contribution in [0.4, 0.5) is 10.5 Å². The minimum atomic E-state index is -3.76. The number of nitrogens with one attached hydrogen (secondary N) is 1. The maximum atomic E-state index is 12.9. The topological polar surface area (TPSA) is 84.9 Å². The highest BCUT2D eigenvalue weighted by atomic mass is 32.2. The first-order valence-electron chi connectivity index (χ1n) is 8.88. The van der Waals surface area contributed by atoms with Gasteiger partial charge in [0.2, 0.25) is 0 Å². The first-order chi connectivity index (χ1) is 13.2. The molecule has 28 heavy (non-hydrogen) atoms. The number of carbonyl (C=O) groups excluding carboxylic acids is 1. The summed E-state index contributed by atoms with van der Waals surface area (Å²) in [6.07, 6.45) is 0.315. The molecule has 1 N–H and O–H groups in total. The van der Waals surface area contributed by atoms with Crippen LogP contribution in [-0.4, -0.2) is 40.2 Å². The molecule has 0 atom stereocenters. The van der Waals surface area contributed by atoms with Gasteiger partial charge in [-0.25, -0.2) is 13.2 Å². The fourth-order valence-electron chi connectivity index (χ4n) is 3.51. The maximum Gasteiger partial charge on any atom is 0.409 e. The van der Waals surface area contributed by atoms with Gasteiger partial charge < -0.3 is 14.4 Å². The normalized spacial score (nSPS) is 13.6. The molecule has 0 radical (unpaired) electrons. The number of nitrogens with zero attached hydrogens (tertiary/aromatic N) is 1. The molecule has 0 fully saturated rings. The number of benzene rings is 2. The molecule has 2 aromatic carbocycles. The summed E-state index contributed by atoms with van der Waals surface area (Å²) in [4.78, 5) is 13.5. The average Bonchev–Trinajstić information content (AvgIpc) is 2.66. The zero-order valence-corrected chi connectivity index (χ0v) is 17.2. The van der Waals surface area contributed by atoms with E-state index < -0.39 is 10.0 Å². The van der Waals surface area contributed by atoms with E-state index in [0.717, 1.165) is 22.3 Å². The molecular weight excluding hydrogens is 380 g/mol. The summed E-state index contributed by atoms with van der Waals surface area (Å²) in [5.74, 6) is 0.677. The molecule has 2 aromatic rings. The Bertz CT molecular complexity index is 994. The smallest absolute Gasteiger partial charge is 0.409 e. The molecule has 0 saturated heterocycles. The lowest BCUT2D eigenvalue weighted by atomic mass is 9.99. The second-order valence-corrected chi connectivity index (χ2v) is 8.50. The van der Waals surface area contributed by atoms with Gasteiger partial charge in [-0.3, -0.25) is 4.72 Å². The molecular formula is C20H24N2O5S. The Morgan fingerprint density at radius 3 is 2.36 bits per heavy atom. The molecule has 0 aliphatic carbocycles. The average molecular weight is 404 g/mol. The number of carbonyl (C=O) groups is 1. The van der Waals surface area contributed by atoms with Crippen molar-refractivity contribution in [3.63, 3.8) is 0 Å². The van der Waals surface area contributed by atoms with E-state index in [1.165, 1.54) is 7.11 Å². The van der Waals surface area contributed by atoms with E-state index in [1.807, 2.05) is 19.9 Å². The van der Waals surface area contributed by atoms with Crippen LogP contribution in [0.25, 0.3) is 0 Å². The Balaban J connectivity index is 1.87. The lowest BCUT2D eigenvalue weighted by Gasteiger charge is -2.28. The number of anilines is 1. The summed E-state index contributed by atoms with van der Waals surface area (Å²) in [5.41, 5.74) is 3.96. The van der Waals surface area contributed by atoms with Crippen molar-refractivity contribution in [2.75, 3.05) is 25.5 Å². The van der Waals surface area contributed by atoms with Crippen LogP contribution >= 0.6 is 0 Å². The summed E-state index contributed by atoms with van der Waals surface area (Å²) < 4.78 is 38.4. The Kier molecular flexibility index (Phi) is 5.51. The molecule has 3 rings (SSSR count). The number of amides is 1. The van der Waals surface area contributed by atoms with Gasteiger partial charge in [-0.2, -0.15) is 0 Å². The summed E-state index contributed by atoms with van der Waals surface area (Å²) in [7, 11) is -0.845. The van der Waals surface area contributed by atoms with Crippen LogP contribution in [0.2, 0.25) is 0 Å². The van der Waals surface area contributed by atoms with Gasteiger partial charge in [-0.1, -0.05) is 6.07 Å². The first-order valence-corrected chi connectivity index (χ1v) is 10.4. The minimum Gasteiger partial charge on any atom is -0.496 e. The van der Waals surface area contributed by atoms with Gasteiger partial charge in [0.25, 0.3) is 10.0 Å². The molecule has 0 unspecified atom stereocenters. The predicted molar refractivity (Wildman–Crippen MR) is 106 cm³/mol. The summed E-state index contributed by atoms with van der Waals surface area (Å²) >= 11 is 0. The Morgan fingerprint density at radius 2 is 1.75 bits per heavy atom. The third-order valence-corrected chi connectivity index (χ3v) is 6.21. The number of rotatable bonds is 4. The number of fused-ring (bicyclic) bond motifs is 1. The number of aryl methyl sites for hydroxylation is 2. The molecule has 8 heteroatoms. The molecule has 7 nitrogen and oxygen atoms in total. The Hall–Kier alpha value is -2.74. The predicted octanol–water partition coefficient (Wildman–Crippen LogP) is 3.24. The monoisotopic (exact) mass is 404 g/mol. The lowest BCUT2D eigenvalue weighted by Crippen LogP contribution is -2.35. The molecule has 0 spiro atoms. The minimum absolute atomic E-state index is 0.178. The maximum absolute atomic E-state index is 12.9. The second kappa shape index (κ2) is 7.71. The van der Waals surface area contributed by atoms with E-state index in [2.05, 4.69) is 4.72 Å². The van der Waals surface area contributed by atoms with Gasteiger partial charge in [0, 0.05) is 18.8 Å². The SMILES string of the molecule is COC(=O)N1CCc2ccc(NS(=O)(=O)c3cc(C)c(OC)c(C)c3)cc2C1. The van der Waals surface area contributed by atoms with Crippen LogP contribution < -0.4 is 9.46 Å². The zero-order chi connectivity index (χ0) is 20.5. The Morgan fingerprint density at radius 1 is 1.07 bits per heavy atom. The van der Waals surface area contributed by atoms with Crippen molar-refractivity contribution < 1.29 is 22.7 Å². The van der Waals surface area contributed by atoms with E-state index in [4.69, 9.17) is 9.47 Å². The zero-order valence-electron chi connectivity index (χ0n) is 16.4. The van der Waals surface area contributed by atoms with Gasteiger partial charge in [-0.05, 0) is 66.8 Å². The molecule has 1 aliphatic heterocycles. The fourth-order valence-corrected chi connectivity index (χ4v) is 4.73. The highest BCUT2D eigenvalue weighted by molar-refractivity contribution is 7.92. The molecule has 0 saturated carbocycles. The molecule has 0 bridgehead atoms. The standard InChI is InChI=1S/C20H24N2O5S/c1-13-9-18(10-14(2)19(13)26-3)28(24,25)21-17-6-5-15-7-8-22(20(23)27-4)12-16(15)11-17/h5-6,9-11,21H,7-8,12H2,1-4H3. The number of hydrogen-bond acceptors (Lipinski definition) is 5. The summed E-state index contributed by atoms with van der Waals surface area (Å²) in [6, 6.07) is 8.59. The number of hydrogen-bond donors (Lipinski definition) is 1. The third kappa shape index (κ3) is 3.91. The molecule has 1 aliphatic rings. The Labute approximate surface area is 165 Å². The molecule has 150 valence electrons. The lowest BCUT2D eigenvalue weighted by molar-refractivity contribution is 0.118. The second-order valence-electron chi connectivity index (χ2n) is 6.82. The van der Waals surface area contributed by atoms with E-state index in [1.54, 1.807) is 36.3 Å². The van der Waals surface area contributed by atoms with Crippen molar-refractivity contribution in [1.82, 2.24) is 4.90 Å². The van der Waals surface area contributed by atoms with Crippen LogP contribution in [0.5, 0.6) is 5.75 Å². The van der Waals surface area contributed by atoms with Crippen molar-refractivity contribution in [3.05, 3.63) is 52.6 Å². The fraction of sp³-hybridized carbons (Fsp3) is 0.350. The van der Waals surface area contributed by atoms with Gasteiger partial charge >= 0.3 is 6.09 Å². The van der Waals surface area contributed by atoms with Gasteiger partial charge in [-0.15, -0.1) is 0 Å². The van der Waals surface area contributed by atoms with Gasteiger partial charge in [0.1, 0.15) is 5.75 Å². The molecule has 1 heterocycles. The van der Waals surface area contributed by atoms with E-state index in [9.17, 15) is 13.2 Å². The van der Waals surface area contributed by atoms with Crippen molar-refractivity contribution in [3.8, 4) is 5.75 Å². The quantitative estimate of drug-likeness (QED) is 0.846. The number of ether oxygens (including phenoxy) is 2. The van der Waals surface area contributed by atoms with Gasteiger partial charge in [0.05, 0.1) is 19.1 Å². The van der Waals surface area contributed by atoms with E-state index >= 15 is 0 Å². The van der Waals surface area contributed by atoms with Crippen molar-refractivity contribution >= 4 is 21.8 Å². The largest absolute Gasteiger partial charge is 0.496 e. The van der Waals surface area contributed by atoms with Crippen LogP contribution in [-0.2, 0) is 27.7 Å². The highest BCUT2D eigenvalue weighted by Crippen LogP contribution is 2.29. The number of methoxy groups -OCH3 is 2. The van der Waals surface area contributed by atoms with Gasteiger partial charge in [0.15, 0.2) is 0 Å². The van der Waals surface area contributed by atoms with Crippen molar-refractivity contribution in [2.24, 2.45) is 0 Å². The van der Waals surface area contributed by atoms with Crippen LogP contribution in [0, 0.1) is 13.8 Å². The van der Waals surface area contributed by atoms with Crippen LogP contribution in [0.15, 0.2) is 35.2 Å². The first kappa shape index (κ1) is 20.0. The van der Waals surface area contributed by atoms with Crippen molar-refractivity contribution in [2.45, 2.75) is 31.7 Å². The number of sulfonamides is 1. The van der Waals surface area contributed by atoms with Crippen LogP contribution in [0.1, 0.15) is 22.3 Å². The third-order valence-electron chi connectivity index (χ3n) is 4.85.